The van der Waals surface area contributed by atoms with Crippen molar-refractivity contribution in [2.75, 3.05) is 19.8 Å². The van der Waals surface area contributed by atoms with Crippen LogP contribution in [-0.4, -0.2) is 53.8 Å². The van der Waals surface area contributed by atoms with Gasteiger partial charge in [-0.05, 0) is 47.5 Å². The predicted octanol–water partition coefficient (Wildman–Crippen LogP) is 2.23. The maximum Gasteiger partial charge on any atom is 0.305 e. The summed E-state index contributed by atoms with van der Waals surface area (Å²) < 4.78 is 11.8. The zero-order chi connectivity index (χ0) is 17.0. The van der Waals surface area contributed by atoms with Crippen molar-refractivity contribution in [3.05, 3.63) is 28.2 Å². The molecule has 6 nitrogen and oxygen atoms in total. The summed E-state index contributed by atoms with van der Waals surface area (Å²) >= 11 is 3.42. The molecule has 0 saturated carbocycles. The molecule has 1 heterocycles. The van der Waals surface area contributed by atoms with Crippen molar-refractivity contribution in [1.82, 2.24) is 4.90 Å². The van der Waals surface area contributed by atoms with Gasteiger partial charge in [0.1, 0.15) is 5.75 Å². The Labute approximate surface area is 143 Å². The predicted molar refractivity (Wildman–Crippen MR) is 87.5 cm³/mol. The lowest BCUT2D eigenvalue weighted by Gasteiger charge is -2.36. The molecule has 2 rings (SSSR count). The average molecular weight is 386 g/mol. The first-order valence-corrected chi connectivity index (χ1v) is 8.20. The lowest BCUT2D eigenvalue weighted by molar-refractivity contribution is -0.150. The molecule has 1 aliphatic rings. The molecule has 0 aromatic heterocycles. The van der Waals surface area contributed by atoms with Crippen LogP contribution in [0.4, 0.5) is 0 Å². The smallest absolute Gasteiger partial charge is 0.305 e. The van der Waals surface area contributed by atoms with E-state index in [1.807, 2.05) is 19.1 Å². The highest BCUT2D eigenvalue weighted by atomic mass is 79.9. The molecule has 1 aromatic carbocycles. The van der Waals surface area contributed by atoms with Gasteiger partial charge in [0.2, 0.25) is 0 Å². The number of benzene rings is 1. The third kappa shape index (κ3) is 4.68. The molecule has 23 heavy (non-hydrogen) atoms. The molecule has 2 atom stereocenters. The van der Waals surface area contributed by atoms with Gasteiger partial charge in [0.05, 0.1) is 30.1 Å². The van der Waals surface area contributed by atoms with Crippen LogP contribution in [0, 0.1) is 6.92 Å². The summed E-state index contributed by atoms with van der Waals surface area (Å²) in [5, 5.41) is 8.97. The number of aryl methyl sites for hydroxylation is 1. The van der Waals surface area contributed by atoms with E-state index >= 15 is 0 Å². The number of amides is 1. The van der Waals surface area contributed by atoms with E-state index in [1.165, 1.54) is 0 Å². The van der Waals surface area contributed by atoms with Crippen molar-refractivity contribution in [2.45, 2.75) is 32.4 Å². The summed E-state index contributed by atoms with van der Waals surface area (Å²) in [4.78, 5) is 25.1. The van der Waals surface area contributed by atoms with E-state index in [-0.39, 0.29) is 18.9 Å². The Morgan fingerprint density at radius 2 is 2.26 bits per heavy atom. The molecule has 126 valence electrons. The van der Waals surface area contributed by atoms with E-state index in [0.29, 0.717) is 18.9 Å². The van der Waals surface area contributed by atoms with Crippen molar-refractivity contribution in [3.63, 3.8) is 0 Å². The van der Waals surface area contributed by atoms with Crippen molar-refractivity contribution < 1.29 is 24.2 Å². The Bertz CT molecular complexity index is 592. The molecule has 2 unspecified atom stereocenters. The normalized spacial score (nSPS) is 19.3. The average Bonchev–Trinajstić information content (AvgIpc) is 2.49. The number of carboxylic acids is 1. The van der Waals surface area contributed by atoms with Crippen molar-refractivity contribution in [2.24, 2.45) is 0 Å². The first-order chi connectivity index (χ1) is 10.9. The number of carbonyl (C=O) groups is 2. The second kappa shape index (κ2) is 7.79. The molecule has 1 amide bonds. The van der Waals surface area contributed by atoms with Gasteiger partial charge in [0.15, 0.2) is 6.10 Å². The fraction of sp³-hybridized carbons (Fsp3) is 0.500. The fourth-order valence-corrected chi connectivity index (χ4v) is 3.08. The zero-order valence-corrected chi connectivity index (χ0v) is 14.7. The minimum absolute atomic E-state index is 0.132. The van der Waals surface area contributed by atoms with Crippen molar-refractivity contribution in [3.8, 4) is 5.75 Å². The Morgan fingerprint density at radius 3 is 2.91 bits per heavy atom. The Balaban J connectivity index is 2.06. The number of halogens is 1. The minimum atomic E-state index is -0.951. The molecule has 0 spiro atoms. The van der Waals surface area contributed by atoms with Gasteiger partial charge < -0.3 is 19.5 Å². The third-order valence-corrected chi connectivity index (χ3v) is 4.28. The summed E-state index contributed by atoms with van der Waals surface area (Å²) in [6.45, 7) is 4.65. The van der Waals surface area contributed by atoms with Crippen molar-refractivity contribution in [1.29, 1.82) is 0 Å². The van der Waals surface area contributed by atoms with Crippen LogP contribution in [0.1, 0.15) is 18.9 Å². The Morgan fingerprint density at radius 1 is 1.52 bits per heavy atom. The third-order valence-electron chi connectivity index (χ3n) is 3.66. The first-order valence-electron chi connectivity index (χ1n) is 7.41. The molecular weight excluding hydrogens is 366 g/mol. The van der Waals surface area contributed by atoms with E-state index in [0.717, 1.165) is 10.0 Å². The second-order valence-corrected chi connectivity index (χ2v) is 6.41. The molecule has 1 N–H and O–H groups in total. The summed E-state index contributed by atoms with van der Waals surface area (Å²) in [7, 11) is 0. The Hall–Kier alpha value is -1.60. The highest BCUT2D eigenvalue weighted by molar-refractivity contribution is 9.10. The van der Waals surface area contributed by atoms with Gasteiger partial charge in [0, 0.05) is 6.54 Å². The number of hydrogen-bond donors (Lipinski definition) is 1. The lowest BCUT2D eigenvalue weighted by atomic mass is 10.1. The van der Waals surface area contributed by atoms with Crippen LogP contribution in [0.25, 0.3) is 0 Å². The summed E-state index contributed by atoms with van der Waals surface area (Å²) in [5.41, 5.74) is 1.08. The van der Waals surface area contributed by atoms with E-state index in [2.05, 4.69) is 15.9 Å². The molecule has 1 aromatic rings. The lowest BCUT2D eigenvalue weighted by Crippen LogP contribution is -2.53. The van der Waals surface area contributed by atoms with Gasteiger partial charge in [-0.1, -0.05) is 6.07 Å². The van der Waals surface area contributed by atoms with E-state index in [4.69, 9.17) is 14.6 Å². The highest BCUT2D eigenvalue weighted by Crippen LogP contribution is 2.27. The van der Waals surface area contributed by atoms with Gasteiger partial charge >= 0.3 is 5.97 Å². The number of ether oxygens (including phenoxy) is 2. The van der Waals surface area contributed by atoms with Gasteiger partial charge in [-0.3, -0.25) is 9.59 Å². The molecule has 0 bridgehead atoms. The molecule has 0 aliphatic carbocycles. The van der Waals surface area contributed by atoms with E-state index in [1.54, 1.807) is 17.9 Å². The standard InChI is InChI=1S/C16H20BrNO5/c1-10-3-4-14(13(17)7-10)23-11(2)16(21)18-5-6-22-9-12(18)8-15(19)20/h3-4,7,11-12H,5-6,8-9H2,1-2H3,(H,19,20). The van der Waals surface area contributed by atoms with Gasteiger partial charge in [-0.2, -0.15) is 0 Å². The van der Waals surface area contributed by atoms with Gasteiger partial charge in [0.25, 0.3) is 5.91 Å². The van der Waals surface area contributed by atoms with E-state index in [9.17, 15) is 9.59 Å². The second-order valence-electron chi connectivity index (χ2n) is 5.55. The monoisotopic (exact) mass is 385 g/mol. The summed E-state index contributed by atoms with van der Waals surface area (Å²) in [6, 6.07) is 5.16. The molecule has 1 saturated heterocycles. The van der Waals surface area contributed by atoms with Crippen LogP contribution in [0.15, 0.2) is 22.7 Å². The number of hydrogen-bond acceptors (Lipinski definition) is 4. The van der Waals surface area contributed by atoms with Crippen LogP contribution < -0.4 is 4.74 Å². The number of carboxylic acid groups (broad SMARTS) is 1. The van der Waals surface area contributed by atoms with E-state index < -0.39 is 18.1 Å². The molecule has 0 radical (unpaired) electrons. The minimum Gasteiger partial charge on any atom is -0.481 e. The maximum absolute atomic E-state index is 12.6. The van der Waals surface area contributed by atoms with Crippen LogP contribution in [0.5, 0.6) is 5.75 Å². The van der Waals surface area contributed by atoms with Gasteiger partial charge in [-0.25, -0.2) is 0 Å². The van der Waals surface area contributed by atoms with Crippen LogP contribution in [-0.2, 0) is 14.3 Å². The van der Waals surface area contributed by atoms with Crippen molar-refractivity contribution >= 4 is 27.8 Å². The van der Waals surface area contributed by atoms with Crippen LogP contribution >= 0.6 is 15.9 Å². The number of aliphatic carboxylic acids is 1. The van der Waals surface area contributed by atoms with Crippen LogP contribution in [0.2, 0.25) is 0 Å². The SMILES string of the molecule is Cc1ccc(OC(C)C(=O)N2CCOCC2CC(=O)O)c(Br)c1. The molecule has 1 aliphatic heterocycles. The van der Waals surface area contributed by atoms with Gasteiger partial charge in [-0.15, -0.1) is 0 Å². The zero-order valence-electron chi connectivity index (χ0n) is 13.1. The number of rotatable bonds is 5. The number of carbonyl (C=O) groups excluding carboxylic acids is 1. The quantitative estimate of drug-likeness (QED) is 0.840. The molecule has 1 fully saturated rings. The molecule has 7 heteroatoms. The topological polar surface area (TPSA) is 76.1 Å². The first kappa shape index (κ1) is 17.7. The summed E-state index contributed by atoms with van der Waals surface area (Å²) in [5.74, 6) is -0.598. The highest BCUT2D eigenvalue weighted by Gasteiger charge is 2.32. The fourth-order valence-electron chi connectivity index (χ4n) is 2.49. The largest absolute Gasteiger partial charge is 0.481 e. The Kier molecular flexibility index (Phi) is 6.01. The number of nitrogens with zero attached hydrogens (tertiary/aromatic N) is 1. The maximum atomic E-state index is 12.6. The summed E-state index contributed by atoms with van der Waals surface area (Å²) in [6.07, 6.45) is -0.837. The van der Waals surface area contributed by atoms with Crippen LogP contribution in [0.3, 0.4) is 0 Å². The molecular formula is C16H20BrNO5. The number of morpholine rings is 1.